The van der Waals surface area contributed by atoms with Crippen LogP contribution in [0.2, 0.25) is 0 Å². The Kier molecular flexibility index (Phi) is 5.55. The summed E-state index contributed by atoms with van der Waals surface area (Å²) in [5.41, 5.74) is 0.485. The molecule has 134 valence electrons. The zero-order valence-corrected chi connectivity index (χ0v) is 15.4. The Balaban J connectivity index is 1.72. The van der Waals surface area contributed by atoms with Crippen LogP contribution in [0.4, 0.5) is 4.79 Å². The maximum Gasteiger partial charge on any atom is 0.410 e. The van der Waals surface area contributed by atoms with E-state index >= 15 is 0 Å². The van der Waals surface area contributed by atoms with Crippen LogP contribution >= 0.6 is 0 Å². The number of rotatable bonds is 5. The molecular formula is C17H25NO5S. The minimum Gasteiger partial charge on any atom is -0.444 e. The topological polar surface area (TPSA) is 72.9 Å². The van der Waals surface area contributed by atoms with E-state index in [-0.39, 0.29) is 23.5 Å². The van der Waals surface area contributed by atoms with Crippen molar-refractivity contribution >= 4 is 16.2 Å². The number of aryl methyl sites for hydroxylation is 1. The Morgan fingerprint density at radius 2 is 1.79 bits per heavy atom. The summed E-state index contributed by atoms with van der Waals surface area (Å²) in [7, 11) is -3.72. The monoisotopic (exact) mass is 355 g/mol. The molecule has 1 aromatic rings. The van der Waals surface area contributed by atoms with Crippen LogP contribution < -0.4 is 0 Å². The molecule has 0 aromatic heterocycles. The van der Waals surface area contributed by atoms with Crippen molar-refractivity contribution in [2.45, 2.75) is 44.6 Å². The standard InChI is InChI=1S/C17H25NO5S/c1-13-5-7-15(8-6-13)24(20,21)22-10-9-14-11-18(12-14)16(19)23-17(2,3)4/h5-8,14H,9-12H2,1-4H3. The van der Waals surface area contributed by atoms with Gasteiger partial charge in [-0.05, 0) is 52.2 Å². The Morgan fingerprint density at radius 3 is 2.33 bits per heavy atom. The lowest BCUT2D eigenvalue weighted by atomic mass is 9.97. The van der Waals surface area contributed by atoms with Crippen molar-refractivity contribution in [3.8, 4) is 0 Å². The van der Waals surface area contributed by atoms with Crippen LogP contribution in [-0.2, 0) is 19.0 Å². The minimum atomic E-state index is -3.72. The molecule has 2 rings (SSSR count). The van der Waals surface area contributed by atoms with Gasteiger partial charge in [0.15, 0.2) is 0 Å². The maximum atomic E-state index is 12.1. The lowest BCUT2D eigenvalue weighted by molar-refractivity contribution is -0.00377. The summed E-state index contributed by atoms with van der Waals surface area (Å²) in [5.74, 6) is 0.241. The first-order valence-electron chi connectivity index (χ1n) is 8.01. The molecule has 1 saturated heterocycles. The number of nitrogens with zero attached hydrogens (tertiary/aromatic N) is 1. The average molecular weight is 355 g/mol. The maximum absolute atomic E-state index is 12.1. The zero-order valence-electron chi connectivity index (χ0n) is 14.6. The molecule has 1 aliphatic heterocycles. The van der Waals surface area contributed by atoms with Gasteiger partial charge in [0.1, 0.15) is 5.60 Å². The molecule has 0 N–H and O–H groups in total. The van der Waals surface area contributed by atoms with Crippen molar-refractivity contribution < 1.29 is 22.1 Å². The first-order valence-corrected chi connectivity index (χ1v) is 9.42. The normalized spacial score (nSPS) is 15.9. The van der Waals surface area contributed by atoms with Crippen LogP contribution in [-0.4, -0.2) is 44.7 Å². The molecule has 0 saturated carbocycles. The highest BCUT2D eigenvalue weighted by Crippen LogP contribution is 2.23. The summed E-state index contributed by atoms with van der Waals surface area (Å²) in [4.78, 5) is 13.6. The van der Waals surface area contributed by atoms with Crippen molar-refractivity contribution in [1.29, 1.82) is 0 Å². The molecule has 24 heavy (non-hydrogen) atoms. The fraction of sp³-hybridized carbons (Fsp3) is 0.588. The first-order chi connectivity index (χ1) is 11.1. The molecule has 0 unspecified atom stereocenters. The second kappa shape index (κ2) is 7.11. The molecule has 1 aromatic carbocycles. The van der Waals surface area contributed by atoms with Gasteiger partial charge in [-0.3, -0.25) is 4.18 Å². The smallest absolute Gasteiger partial charge is 0.410 e. The van der Waals surface area contributed by atoms with Gasteiger partial charge in [-0.2, -0.15) is 8.42 Å². The van der Waals surface area contributed by atoms with Crippen LogP contribution in [0.3, 0.4) is 0 Å². The number of amides is 1. The number of ether oxygens (including phenoxy) is 1. The highest BCUT2D eigenvalue weighted by molar-refractivity contribution is 7.86. The van der Waals surface area contributed by atoms with E-state index in [1.165, 1.54) is 12.1 Å². The van der Waals surface area contributed by atoms with Crippen LogP contribution in [0, 0.1) is 12.8 Å². The zero-order chi connectivity index (χ0) is 18.0. The molecule has 1 amide bonds. The van der Waals surface area contributed by atoms with E-state index in [1.54, 1.807) is 17.0 Å². The fourth-order valence-electron chi connectivity index (χ4n) is 2.33. The molecule has 7 heteroatoms. The molecule has 0 atom stereocenters. The lowest BCUT2D eigenvalue weighted by Crippen LogP contribution is -2.51. The van der Waals surface area contributed by atoms with Gasteiger partial charge in [0.2, 0.25) is 0 Å². The molecule has 1 aliphatic rings. The molecule has 6 nitrogen and oxygen atoms in total. The molecule has 1 fully saturated rings. The van der Waals surface area contributed by atoms with E-state index in [1.807, 2.05) is 27.7 Å². The molecule has 0 spiro atoms. The Morgan fingerprint density at radius 1 is 1.21 bits per heavy atom. The molecule has 1 heterocycles. The number of likely N-dealkylation sites (tertiary alicyclic amines) is 1. The quantitative estimate of drug-likeness (QED) is 0.759. The third kappa shape index (κ3) is 5.21. The van der Waals surface area contributed by atoms with Gasteiger partial charge in [-0.1, -0.05) is 17.7 Å². The Bertz CT molecular complexity index is 670. The van der Waals surface area contributed by atoms with Crippen LogP contribution in [0.5, 0.6) is 0 Å². The summed E-state index contributed by atoms with van der Waals surface area (Å²) in [6.45, 7) is 8.63. The van der Waals surface area contributed by atoms with Gasteiger partial charge in [-0.25, -0.2) is 4.79 Å². The minimum absolute atomic E-state index is 0.114. The van der Waals surface area contributed by atoms with E-state index in [2.05, 4.69) is 0 Å². The van der Waals surface area contributed by atoms with Crippen molar-refractivity contribution in [3.05, 3.63) is 29.8 Å². The van der Waals surface area contributed by atoms with E-state index in [0.717, 1.165) is 5.56 Å². The third-order valence-electron chi connectivity index (χ3n) is 3.68. The molecule has 0 bridgehead atoms. The number of carbonyl (C=O) groups excluding carboxylic acids is 1. The highest BCUT2D eigenvalue weighted by Gasteiger charge is 2.33. The van der Waals surface area contributed by atoms with E-state index in [0.29, 0.717) is 19.5 Å². The summed E-state index contributed by atoms with van der Waals surface area (Å²) >= 11 is 0. The van der Waals surface area contributed by atoms with Gasteiger partial charge in [-0.15, -0.1) is 0 Å². The highest BCUT2D eigenvalue weighted by atomic mass is 32.2. The van der Waals surface area contributed by atoms with E-state index in [4.69, 9.17) is 8.92 Å². The van der Waals surface area contributed by atoms with E-state index < -0.39 is 15.7 Å². The summed E-state index contributed by atoms with van der Waals surface area (Å²) in [6, 6.07) is 6.55. The van der Waals surface area contributed by atoms with Crippen molar-refractivity contribution in [3.63, 3.8) is 0 Å². The predicted molar refractivity (Wildman–Crippen MR) is 90.2 cm³/mol. The van der Waals surface area contributed by atoms with Gasteiger partial charge >= 0.3 is 6.09 Å². The van der Waals surface area contributed by atoms with E-state index in [9.17, 15) is 13.2 Å². The number of benzene rings is 1. The Labute approximate surface area is 143 Å². The summed E-state index contributed by atoms with van der Waals surface area (Å²) in [5, 5.41) is 0. The molecular weight excluding hydrogens is 330 g/mol. The second-order valence-corrected chi connectivity index (χ2v) is 8.74. The summed E-state index contributed by atoms with van der Waals surface area (Å²) < 4.78 is 34.5. The predicted octanol–water partition coefficient (Wildman–Crippen LogP) is 2.96. The van der Waals surface area contributed by atoms with Gasteiger partial charge in [0.05, 0.1) is 11.5 Å². The average Bonchev–Trinajstić information content (AvgIpc) is 2.39. The van der Waals surface area contributed by atoms with Crippen molar-refractivity contribution in [2.75, 3.05) is 19.7 Å². The van der Waals surface area contributed by atoms with Crippen LogP contribution in [0.25, 0.3) is 0 Å². The van der Waals surface area contributed by atoms with Crippen molar-refractivity contribution in [2.24, 2.45) is 5.92 Å². The van der Waals surface area contributed by atoms with Gasteiger partial charge in [0.25, 0.3) is 10.1 Å². The second-order valence-electron chi connectivity index (χ2n) is 7.13. The number of carbonyl (C=O) groups is 1. The number of hydrogen-bond donors (Lipinski definition) is 0. The largest absolute Gasteiger partial charge is 0.444 e. The van der Waals surface area contributed by atoms with Gasteiger partial charge < -0.3 is 9.64 Å². The van der Waals surface area contributed by atoms with Crippen LogP contribution in [0.1, 0.15) is 32.8 Å². The SMILES string of the molecule is Cc1ccc(S(=O)(=O)OCCC2CN(C(=O)OC(C)(C)C)C2)cc1. The Hall–Kier alpha value is -1.60. The van der Waals surface area contributed by atoms with Crippen molar-refractivity contribution in [1.82, 2.24) is 4.90 Å². The fourth-order valence-corrected chi connectivity index (χ4v) is 3.25. The van der Waals surface area contributed by atoms with Crippen LogP contribution in [0.15, 0.2) is 29.2 Å². The summed E-state index contributed by atoms with van der Waals surface area (Å²) in [6.07, 6.45) is 0.261. The first kappa shape index (κ1) is 18.7. The van der Waals surface area contributed by atoms with Gasteiger partial charge in [0, 0.05) is 13.1 Å². The lowest BCUT2D eigenvalue weighted by Gasteiger charge is -2.39. The molecule has 0 radical (unpaired) electrons. The molecule has 0 aliphatic carbocycles. The third-order valence-corrected chi connectivity index (χ3v) is 5.01. The number of hydrogen-bond acceptors (Lipinski definition) is 5.